The van der Waals surface area contributed by atoms with Crippen LogP contribution in [0.3, 0.4) is 0 Å². The zero-order valence-corrected chi connectivity index (χ0v) is 11.7. The number of amides is 1. The molecule has 7 heteroatoms. The molecule has 0 saturated heterocycles. The summed E-state index contributed by atoms with van der Waals surface area (Å²) in [5, 5.41) is 0.406. The van der Waals surface area contributed by atoms with Crippen molar-refractivity contribution in [2.24, 2.45) is 5.84 Å². The van der Waals surface area contributed by atoms with Crippen molar-refractivity contribution in [1.29, 1.82) is 0 Å². The van der Waals surface area contributed by atoms with Gasteiger partial charge in [-0.1, -0.05) is 30.7 Å². The molecule has 0 heterocycles. The molecule has 2 N–H and O–H groups in total. The van der Waals surface area contributed by atoms with E-state index in [1.54, 1.807) is 19.9 Å². The second-order valence-electron chi connectivity index (χ2n) is 3.97. The van der Waals surface area contributed by atoms with Crippen molar-refractivity contribution in [3.63, 3.8) is 0 Å². The molecule has 3 nitrogen and oxygen atoms in total. The number of alkyl halides is 3. The van der Waals surface area contributed by atoms with Crippen LogP contribution in [0, 0.1) is 0 Å². The minimum Gasteiger partial charge on any atom is -0.267 e. The molecule has 0 atom stereocenters. The Labute approximate surface area is 119 Å². The molecule has 1 rings (SSSR count). The monoisotopic (exact) mass is 306 g/mol. The Morgan fingerprint density at radius 3 is 2.50 bits per heavy atom. The largest absolute Gasteiger partial charge is 0.417 e. The highest BCUT2D eigenvalue weighted by molar-refractivity contribution is 6.34. The van der Waals surface area contributed by atoms with Gasteiger partial charge in [0.15, 0.2) is 0 Å². The van der Waals surface area contributed by atoms with Crippen molar-refractivity contribution in [2.75, 3.05) is 0 Å². The lowest BCUT2D eigenvalue weighted by Crippen LogP contribution is -2.37. The van der Waals surface area contributed by atoms with E-state index in [1.165, 1.54) is 6.07 Å². The number of hydrogen-bond donors (Lipinski definition) is 1. The van der Waals surface area contributed by atoms with Gasteiger partial charge in [0.25, 0.3) is 5.91 Å². The molecule has 1 aromatic rings. The predicted molar refractivity (Wildman–Crippen MR) is 70.9 cm³/mol. The Balaban J connectivity index is 3.36. The van der Waals surface area contributed by atoms with Gasteiger partial charge in [-0.2, -0.15) is 13.2 Å². The van der Waals surface area contributed by atoms with Crippen LogP contribution < -0.4 is 5.84 Å². The molecule has 0 spiro atoms. The molecule has 0 unspecified atom stereocenters. The van der Waals surface area contributed by atoms with E-state index in [2.05, 4.69) is 0 Å². The first-order valence-electron chi connectivity index (χ1n) is 5.84. The van der Waals surface area contributed by atoms with Crippen LogP contribution in [0.25, 0.3) is 0 Å². The lowest BCUT2D eigenvalue weighted by atomic mass is 10.1. The standard InChI is InChI=1S/C13H14ClF3N2O/c1-3-8(4-2)19(18)12(20)11-9(13(15,16)17)6-5-7-10(11)14/h3,5-7H,4,18H2,1-2H3/b8-3+. The molecular formula is C13H14ClF3N2O. The van der Waals surface area contributed by atoms with Crippen molar-refractivity contribution in [3.8, 4) is 0 Å². The van der Waals surface area contributed by atoms with Crippen LogP contribution in [0.15, 0.2) is 30.0 Å². The van der Waals surface area contributed by atoms with Crippen molar-refractivity contribution >= 4 is 17.5 Å². The van der Waals surface area contributed by atoms with Crippen molar-refractivity contribution in [1.82, 2.24) is 5.01 Å². The molecule has 0 aromatic heterocycles. The molecule has 0 saturated carbocycles. The van der Waals surface area contributed by atoms with Crippen molar-refractivity contribution in [2.45, 2.75) is 26.4 Å². The highest BCUT2D eigenvalue weighted by Gasteiger charge is 2.37. The van der Waals surface area contributed by atoms with E-state index in [1.807, 2.05) is 0 Å². The first-order valence-corrected chi connectivity index (χ1v) is 6.21. The maximum absolute atomic E-state index is 12.9. The number of nitrogens with zero attached hydrogens (tertiary/aromatic N) is 1. The number of carbonyl (C=O) groups excluding carboxylic acids is 1. The fourth-order valence-electron chi connectivity index (χ4n) is 1.74. The summed E-state index contributed by atoms with van der Waals surface area (Å²) in [7, 11) is 0. The summed E-state index contributed by atoms with van der Waals surface area (Å²) >= 11 is 5.74. The SMILES string of the molecule is C/C=C(\CC)N(N)C(=O)c1c(Cl)cccc1C(F)(F)F. The van der Waals surface area contributed by atoms with Gasteiger partial charge in [0.2, 0.25) is 0 Å². The van der Waals surface area contributed by atoms with Gasteiger partial charge in [-0.25, -0.2) is 10.9 Å². The average molecular weight is 307 g/mol. The smallest absolute Gasteiger partial charge is 0.267 e. The lowest BCUT2D eigenvalue weighted by Gasteiger charge is -2.22. The minimum absolute atomic E-state index is 0.285. The van der Waals surface area contributed by atoms with Gasteiger partial charge in [-0.3, -0.25) is 4.79 Å². The summed E-state index contributed by atoms with van der Waals surface area (Å²) in [6.45, 7) is 3.38. The summed E-state index contributed by atoms with van der Waals surface area (Å²) in [5.74, 6) is 4.60. The first-order chi connectivity index (χ1) is 9.23. The third-order valence-corrected chi connectivity index (χ3v) is 3.07. The van der Waals surface area contributed by atoms with Gasteiger partial charge in [-0.15, -0.1) is 0 Å². The third kappa shape index (κ3) is 3.32. The van der Waals surface area contributed by atoms with Crippen LogP contribution in [-0.4, -0.2) is 10.9 Å². The molecule has 1 aromatic carbocycles. The number of hydrogen-bond acceptors (Lipinski definition) is 2. The molecule has 0 fully saturated rings. The van der Waals surface area contributed by atoms with Gasteiger partial charge in [0.1, 0.15) is 0 Å². The fourth-order valence-corrected chi connectivity index (χ4v) is 2.00. The second-order valence-corrected chi connectivity index (χ2v) is 4.38. The van der Waals surface area contributed by atoms with Crippen molar-refractivity contribution in [3.05, 3.63) is 46.1 Å². The van der Waals surface area contributed by atoms with Crippen molar-refractivity contribution < 1.29 is 18.0 Å². The molecule has 1 amide bonds. The Bertz CT molecular complexity index is 541. The third-order valence-electron chi connectivity index (χ3n) is 2.76. The summed E-state index contributed by atoms with van der Waals surface area (Å²) in [6.07, 6.45) is -2.72. The van der Waals surface area contributed by atoms with E-state index in [-0.39, 0.29) is 5.02 Å². The van der Waals surface area contributed by atoms with Crippen LogP contribution in [-0.2, 0) is 6.18 Å². The Hall–Kier alpha value is -1.53. The van der Waals surface area contributed by atoms with E-state index in [9.17, 15) is 18.0 Å². The number of rotatable bonds is 3. The number of benzene rings is 1. The van der Waals surface area contributed by atoms with Gasteiger partial charge in [0.05, 0.1) is 16.1 Å². The van der Waals surface area contributed by atoms with E-state index in [0.29, 0.717) is 17.1 Å². The number of carbonyl (C=O) groups is 1. The zero-order chi connectivity index (χ0) is 15.5. The highest BCUT2D eigenvalue weighted by Crippen LogP contribution is 2.35. The summed E-state index contributed by atoms with van der Waals surface area (Å²) in [5.41, 5.74) is -1.34. The molecule has 0 aliphatic rings. The highest BCUT2D eigenvalue weighted by atomic mass is 35.5. The second kappa shape index (κ2) is 6.28. The van der Waals surface area contributed by atoms with E-state index in [0.717, 1.165) is 12.1 Å². The van der Waals surface area contributed by atoms with E-state index in [4.69, 9.17) is 17.4 Å². The lowest BCUT2D eigenvalue weighted by molar-refractivity contribution is -0.138. The maximum Gasteiger partial charge on any atom is 0.417 e. The van der Waals surface area contributed by atoms with Gasteiger partial charge in [0, 0.05) is 5.70 Å². The average Bonchev–Trinajstić information content (AvgIpc) is 2.37. The number of nitrogens with two attached hydrogens (primary N) is 1. The quantitative estimate of drug-likeness (QED) is 0.521. The topological polar surface area (TPSA) is 46.3 Å². The number of allylic oxidation sites excluding steroid dienone is 2. The summed E-state index contributed by atoms with van der Waals surface area (Å²) in [4.78, 5) is 12.2. The van der Waals surface area contributed by atoms with Crippen LogP contribution in [0.5, 0.6) is 0 Å². The summed E-state index contributed by atoms with van der Waals surface area (Å²) in [6, 6.07) is 3.16. The minimum atomic E-state index is -4.68. The number of halogens is 4. The maximum atomic E-state index is 12.9. The van der Waals surface area contributed by atoms with Gasteiger partial charge in [-0.05, 0) is 25.5 Å². The fraction of sp³-hybridized carbons (Fsp3) is 0.308. The first kappa shape index (κ1) is 16.5. The molecule has 20 heavy (non-hydrogen) atoms. The van der Waals surface area contributed by atoms with Crippen LogP contribution in [0.4, 0.5) is 13.2 Å². The summed E-state index contributed by atoms with van der Waals surface area (Å²) < 4.78 is 38.8. The van der Waals surface area contributed by atoms with Gasteiger partial charge < -0.3 is 0 Å². The predicted octanol–water partition coefficient (Wildman–Crippen LogP) is 3.99. The molecular weight excluding hydrogens is 293 g/mol. The van der Waals surface area contributed by atoms with E-state index < -0.39 is 23.2 Å². The molecule has 0 aliphatic heterocycles. The Morgan fingerprint density at radius 1 is 1.45 bits per heavy atom. The van der Waals surface area contributed by atoms with Crippen LogP contribution in [0.1, 0.15) is 36.2 Å². The molecule has 110 valence electrons. The van der Waals surface area contributed by atoms with Gasteiger partial charge >= 0.3 is 6.18 Å². The molecule has 0 aliphatic carbocycles. The molecule has 0 bridgehead atoms. The normalized spacial score (nSPS) is 12.4. The Morgan fingerprint density at radius 2 is 2.05 bits per heavy atom. The number of hydrazine groups is 1. The molecule has 0 radical (unpaired) electrons. The Kier molecular flexibility index (Phi) is 5.19. The zero-order valence-electron chi connectivity index (χ0n) is 11.0. The van der Waals surface area contributed by atoms with Crippen LogP contribution in [0.2, 0.25) is 5.02 Å². The van der Waals surface area contributed by atoms with E-state index >= 15 is 0 Å². The van der Waals surface area contributed by atoms with Crippen LogP contribution >= 0.6 is 11.6 Å².